The van der Waals surface area contributed by atoms with Crippen molar-refractivity contribution in [2.75, 3.05) is 12.4 Å². The Kier molecular flexibility index (Phi) is 5.12. The number of aliphatic hydroxyl groups excluding tert-OH is 1. The van der Waals surface area contributed by atoms with Crippen LogP contribution >= 0.6 is 11.8 Å². The van der Waals surface area contributed by atoms with Gasteiger partial charge in [0.15, 0.2) is 0 Å². The summed E-state index contributed by atoms with van der Waals surface area (Å²) in [4.78, 5) is 12.1. The van der Waals surface area contributed by atoms with Crippen LogP contribution in [0, 0.1) is 5.92 Å². The maximum absolute atomic E-state index is 12.1. The van der Waals surface area contributed by atoms with Gasteiger partial charge in [0.25, 0.3) is 0 Å². The van der Waals surface area contributed by atoms with Gasteiger partial charge in [0.1, 0.15) is 0 Å². The topological polar surface area (TPSA) is 49.3 Å². The highest BCUT2D eigenvalue weighted by atomic mass is 32.2. The number of amides is 1. The molecule has 2 N–H and O–H groups in total. The Labute approximate surface area is 102 Å². The first-order valence-corrected chi connectivity index (χ1v) is 7.02. The smallest absolute Gasteiger partial charge is 0.236 e. The van der Waals surface area contributed by atoms with Crippen molar-refractivity contribution in [3.63, 3.8) is 0 Å². The molecule has 4 heteroatoms. The molecule has 0 aromatic heterocycles. The van der Waals surface area contributed by atoms with Crippen LogP contribution in [0.2, 0.25) is 0 Å². The van der Waals surface area contributed by atoms with Crippen molar-refractivity contribution < 1.29 is 9.90 Å². The molecule has 2 atom stereocenters. The number of hydrogen-bond acceptors (Lipinski definition) is 3. The Bertz CT molecular complexity index is 237. The molecule has 1 saturated heterocycles. The van der Waals surface area contributed by atoms with E-state index in [9.17, 15) is 9.90 Å². The lowest BCUT2D eigenvalue weighted by atomic mass is 10.0. The van der Waals surface area contributed by atoms with Gasteiger partial charge >= 0.3 is 0 Å². The van der Waals surface area contributed by atoms with E-state index in [-0.39, 0.29) is 23.3 Å². The Morgan fingerprint density at radius 2 is 2.25 bits per heavy atom. The molecule has 0 aliphatic carbocycles. The second-order valence-electron chi connectivity index (χ2n) is 5.17. The minimum absolute atomic E-state index is 0.0324. The molecule has 0 spiro atoms. The first kappa shape index (κ1) is 13.8. The van der Waals surface area contributed by atoms with Gasteiger partial charge < -0.3 is 10.4 Å². The third-order valence-electron chi connectivity index (χ3n) is 3.01. The largest absolute Gasteiger partial charge is 0.394 e. The molecule has 94 valence electrons. The second-order valence-corrected chi connectivity index (χ2v) is 6.76. The molecule has 0 aromatic carbocycles. The Hall–Kier alpha value is -0.220. The molecule has 2 unspecified atom stereocenters. The van der Waals surface area contributed by atoms with E-state index >= 15 is 0 Å². The van der Waals surface area contributed by atoms with Crippen molar-refractivity contribution in [1.82, 2.24) is 5.32 Å². The molecule has 3 nitrogen and oxygen atoms in total. The molecule has 1 fully saturated rings. The fourth-order valence-electron chi connectivity index (χ4n) is 2.04. The lowest BCUT2D eigenvalue weighted by Gasteiger charge is -2.26. The van der Waals surface area contributed by atoms with Crippen LogP contribution in [0.1, 0.15) is 40.0 Å². The molecule has 0 aromatic rings. The summed E-state index contributed by atoms with van der Waals surface area (Å²) in [5.74, 6) is 1.65. The summed E-state index contributed by atoms with van der Waals surface area (Å²) in [5, 5.41) is 12.2. The summed E-state index contributed by atoms with van der Waals surface area (Å²) in [6.07, 6.45) is 2.90. The number of thioether (sulfide) groups is 1. The molecule has 0 radical (unpaired) electrons. The van der Waals surface area contributed by atoms with Gasteiger partial charge in [-0.05, 0) is 37.9 Å². The minimum atomic E-state index is -0.273. The third kappa shape index (κ3) is 3.67. The van der Waals surface area contributed by atoms with E-state index in [1.165, 1.54) is 0 Å². The quantitative estimate of drug-likeness (QED) is 0.776. The number of nitrogens with one attached hydrogen (secondary N) is 1. The Morgan fingerprint density at radius 1 is 1.56 bits per heavy atom. The number of carbonyl (C=O) groups excluding carboxylic acids is 1. The Morgan fingerprint density at radius 3 is 2.69 bits per heavy atom. The van der Waals surface area contributed by atoms with Gasteiger partial charge in [-0.1, -0.05) is 13.8 Å². The minimum Gasteiger partial charge on any atom is -0.394 e. The van der Waals surface area contributed by atoms with Crippen molar-refractivity contribution in [2.45, 2.75) is 50.8 Å². The predicted molar refractivity (Wildman–Crippen MR) is 68.6 cm³/mol. The maximum atomic E-state index is 12.1. The monoisotopic (exact) mass is 245 g/mol. The first-order chi connectivity index (χ1) is 7.48. The van der Waals surface area contributed by atoms with Crippen LogP contribution in [0.4, 0.5) is 0 Å². The van der Waals surface area contributed by atoms with E-state index < -0.39 is 0 Å². The van der Waals surface area contributed by atoms with Crippen LogP contribution in [-0.2, 0) is 4.79 Å². The van der Waals surface area contributed by atoms with Crippen LogP contribution in [0.15, 0.2) is 0 Å². The molecule has 1 rings (SSSR count). The SMILES string of the molecule is CC(C)CC(CO)NC(=O)C1(C)CCCS1. The lowest BCUT2D eigenvalue weighted by molar-refractivity contribution is -0.124. The fourth-order valence-corrected chi connectivity index (χ4v) is 3.26. The van der Waals surface area contributed by atoms with Crippen LogP contribution in [0.3, 0.4) is 0 Å². The van der Waals surface area contributed by atoms with E-state index in [1.807, 2.05) is 6.92 Å². The molecule has 0 saturated carbocycles. The average molecular weight is 245 g/mol. The van der Waals surface area contributed by atoms with Gasteiger partial charge in [-0.3, -0.25) is 4.79 Å². The summed E-state index contributed by atoms with van der Waals surface area (Å²) >= 11 is 1.73. The molecule has 1 amide bonds. The van der Waals surface area contributed by atoms with Crippen molar-refractivity contribution in [2.24, 2.45) is 5.92 Å². The molecular weight excluding hydrogens is 222 g/mol. The average Bonchev–Trinajstić information content (AvgIpc) is 2.64. The van der Waals surface area contributed by atoms with E-state index in [2.05, 4.69) is 19.2 Å². The van der Waals surface area contributed by atoms with E-state index in [1.54, 1.807) is 11.8 Å². The van der Waals surface area contributed by atoms with Crippen molar-refractivity contribution in [1.29, 1.82) is 0 Å². The molecule has 1 aliphatic rings. The zero-order valence-electron chi connectivity index (χ0n) is 10.5. The van der Waals surface area contributed by atoms with Crippen LogP contribution in [0.5, 0.6) is 0 Å². The van der Waals surface area contributed by atoms with Crippen LogP contribution in [0.25, 0.3) is 0 Å². The number of rotatable bonds is 5. The predicted octanol–water partition coefficient (Wildman–Crippen LogP) is 1.80. The second kappa shape index (κ2) is 5.92. The summed E-state index contributed by atoms with van der Waals surface area (Å²) in [6.45, 7) is 6.23. The standard InChI is InChI=1S/C12H23NO2S/c1-9(2)7-10(8-14)13-11(15)12(3)5-4-6-16-12/h9-10,14H,4-8H2,1-3H3,(H,13,15). The number of carbonyl (C=O) groups is 1. The zero-order chi connectivity index (χ0) is 12.2. The molecule has 1 aliphatic heterocycles. The van der Waals surface area contributed by atoms with E-state index in [4.69, 9.17) is 0 Å². The Balaban J connectivity index is 2.48. The maximum Gasteiger partial charge on any atom is 0.236 e. The van der Waals surface area contributed by atoms with Crippen LogP contribution < -0.4 is 5.32 Å². The van der Waals surface area contributed by atoms with Gasteiger partial charge in [-0.25, -0.2) is 0 Å². The highest BCUT2D eigenvalue weighted by molar-refractivity contribution is 8.01. The van der Waals surface area contributed by atoms with Gasteiger partial charge in [0, 0.05) is 0 Å². The highest BCUT2D eigenvalue weighted by Crippen LogP contribution is 2.37. The van der Waals surface area contributed by atoms with Crippen molar-refractivity contribution in [3.05, 3.63) is 0 Å². The number of hydrogen-bond donors (Lipinski definition) is 2. The number of aliphatic hydroxyl groups is 1. The highest BCUT2D eigenvalue weighted by Gasteiger charge is 2.37. The van der Waals surface area contributed by atoms with Gasteiger partial charge in [0.05, 0.1) is 17.4 Å². The molecule has 0 bridgehead atoms. The van der Waals surface area contributed by atoms with Gasteiger partial charge in [-0.2, -0.15) is 0 Å². The van der Waals surface area contributed by atoms with Gasteiger partial charge in [0.2, 0.25) is 5.91 Å². The summed E-state index contributed by atoms with van der Waals surface area (Å²) < 4.78 is -0.273. The van der Waals surface area contributed by atoms with Crippen molar-refractivity contribution in [3.8, 4) is 0 Å². The van der Waals surface area contributed by atoms with Crippen LogP contribution in [-0.4, -0.2) is 34.2 Å². The first-order valence-electron chi connectivity index (χ1n) is 6.03. The normalized spacial score (nSPS) is 27.1. The zero-order valence-corrected chi connectivity index (χ0v) is 11.3. The van der Waals surface area contributed by atoms with Gasteiger partial charge in [-0.15, -0.1) is 11.8 Å². The third-order valence-corrected chi connectivity index (χ3v) is 4.53. The van der Waals surface area contributed by atoms with Crippen molar-refractivity contribution >= 4 is 17.7 Å². The molecule has 16 heavy (non-hydrogen) atoms. The van der Waals surface area contributed by atoms with E-state index in [0.29, 0.717) is 5.92 Å². The lowest BCUT2D eigenvalue weighted by Crippen LogP contribution is -2.47. The summed E-state index contributed by atoms with van der Waals surface area (Å²) in [7, 11) is 0. The molecular formula is C12H23NO2S. The summed E-state index contributed by atoms with van der Waals surface area (Å²) in [6, 6.07) is -0.0921. The molecule has 1 heterocycles. The van der Waals surface area contributed by atoms with E-state index in [0.717, 1.165) is 25.0 Å². The summed E-state index contributed by atoms with van der Waals surface area (Å²) in [5.41, 5.74) is 0. The fraction of sp³-hybridized carbons (Fsp3) is 0.917.